The topological polar surface area (TPSA) is 75.2 Å². The second-order valence-corrected chi connectivity index (χ2v) is 8.13. The van der Waals surface area contributed by atoms with E-state index in [1.807, 2.05) is 5.38 Å². The minimum atomic E-state index is -0.289. The van der Waals surface area contributed by atoms with E-state index in [9.17, 15) is 9.59 Å². The van der Waals surface area contributed by atoms with Gasteiger partial charge in [-0.25, -0.2) is 9.97 Å². The monoisotopic (exact) mass is 362 g/mol. The van der Waals surface area contributed by atoms with Crippen LogP contribution in [0.1, 0.15) is 28.4 Å². The first-order chi connectivity index (χ1) is 11.7. The smallest absolute Gasteiger partial charge is 0.229 e. The Kier molecular flexibility index (Phi) is 4.32. The first kappa shape index (κ1) is 15.7. The molecule has 0 spiro atoms. The molecule has 2 aromatic heterocycles. The number of amides is 2. The van der Waals surface area contributed by atoms with E-state index in [1.54, 1.807) is 22.4 Å². The van der Waals surface area contributed by atoms with Crippen molar-refractivity contribution in [3.05, 3.63) is 27.2 Å². The van der Waals surface area contributed by atoms with Crippen LogP contribution in [-0.2, 0) is 28.9 Å². The van der Waals surface area contributed by atoms with Gasteiger partial charge in [0, 0.05) is 42.4 Å². The Morgan fingerprint density at radius 1 is 1.42 bits per heavy atom. The summed E-state index contributed by atoms with van der Waals surface area (Å²) in [5.74, 6) is -0.365. The Bertz CT molecular complexity index is 735. The molecule has 1 N–H and O–H groups in total. The third kappa shape index (κ3) is 3.08. The van der Waals surface area contributed by atoms with E-state index >= 15 is 0 Å². The zero-order valence-electron chi connectivity index (χ0n) is 13.2. The lowest BCUT2D eigenvalue weighted by Gasteiger charge is -2.13. The van der Waals surface area contributed by atoms with Gasteiger partial charge in [0.1, 0.15) is 0 Å². The molecular weight excluding hydrogens is 344 g/mol. The Morgan fingerprint density at radius 2 is 2.33 bits per heavy atom. The van der Waals surface area contributed by atoms with Crippen LogP contribution in [0.5, 0.6) is 0 Å². The number of carbonyl (C=O) groups is 2. The third-order valence-corrected chi connectivity index (χ3v) is 6.44. The van der Waals surface area contributed by atoms with Crippen LogP contribution in [0, 0.1) is 5.92 Å². The number of aryl methyl sites for hydroxylation is 2. The fourth-order valence-corrected chi connectivity index (χ4v) is 5.03. The van der Waals surface area contributed by atoms with Gasteiger partial charge in [-0.1, -0.05) is 0 Å². The van der Waals surface area contributed by atoms with Crippen LogP contribution in [-0.4, -0.2) is 34.9 Å². The van der Waals surface area contributed by atoms with Gasteiger partial charge in [0.05, 0.1) is 16.6 Å². The second-order valence-electron chi connectivity index (χ2n) is 6.09. The molecule has 1 fully saturated rings. The van der Waals surface area contributed by atoms with E-state index in [1.165, 1.54) is 28.3 Å². The highest BCUT2D eigenvalue weighted by Gasteiger charge is 2.36. The van der Waals surface area contributed by atoms with Crippen LogP contribution < -0.4 is 10.2 Å². The molecule has 0 saturated carbocycles. The van der Waals surface area contributed by atoms with Crippen molar-refractivity contribution < 1.29 is 9.59 Å². The molecule has 1 saturated heterocycles. The molecule has 1 unspecified atom stereocenters. The molecule has 4 rings (SSSR count). The van der Waals surface area contributed by atoms with Crippen molar-refractivity contribution in [2.75, 3.05) is 18.0 Å². The van der Waals surface area contributed by atoms with E-state index in [0.717, 1.165) is 24.3 Å². The number of hydrogen-bond donors (Lipinski definition) is 1. The predicted molar refractivity (Wildman–Crippen MR) is 93.4 cm³/mol. The van der Waals surface area contributed by atoms with Crippen molar-refractivity contribution in [3.8, 4) is 0 Å². The van der Waals surface area contributed by atoms with Crippen LogP contribution in [0.25, 0.3) is 0 Å². The van der Waals surface area contributed by atoms with Crippen LogP contribution >= 0.6 is 22.7 Å². The summed E-state index contributed by atoms with van der Waals surface area (Å²) in [5.41, 5.74) is 1.25. The molecule has 1 aliphatic carbocycles. The quantitative estimate of drug-likeness (QED) is 0.880. The van der Waals surface area contributed by atoms with Crippen LogP contribution in [0.2, 0.25) is 0 Å². The number of anilines is 1. The number of aromatic nitrogens is 2. The fraction of sp³-hybridized carbons (Fsp3) is 0.500. The van der Waals surface area contributed by atoms with Crippen LogP contribution in [0.3, 0.4) is 0 Å². The molecule has 2 aromatic rings. The van der Waals surface area contributed by atoms with Crippen molar-refractivity contribution in [3.63, 3.8) is 0 Å². The second kappa shape index (κ2) is 6.60. The zero-order chi connectivity index (χ0) is 16.5. The first-order valence-electron chi connectivity index (χ1n) is 8.16. The molecule has 8 heteroatoms. The average molecular weight is 362 g/mol. The van der Waals surface area contributed by atoms with Crippen LogP contribution in [0.4, 0.5) is 5.13 Å². The number of carbonyl (C=O) groups excluding carboxylic acids is 2. The van der Waals surface area contributed by atoms with E-state index in [-0.39, 0.29) is 24.2 Å². The number of hydrogen-bond acceptors (Lipinski definition) is 6. The maximum atomic E-state index is 12.3. The molecule has 2 aliphatic rings. The number of rotatable bonds is 5. The minimum Gasteiger partial charge on any atom is -0.355 e. The summed E-state index contributed by atoms with van der Waals surface area (Å²) >= 11 is 3.19. The zero-order valence-corrected chi connectivity index (χ0v) is 14.8. The SMILES string of the molecule is O=C(NCCc1nc2c(s1)CCC2)C1CC(=O)N(c2nccs2)C1. The highest BCUT2D eigenvalue weighted by Crippen LogP contribution is 2.28. The molecule has 24 heavy (non-hydrogen) atoms. The average Bonchev–Trinajstić information content (AvgIpc) is 3.30. The molecule has 2 amide bonds. The Hall–Kier alpha value is -1.80. The highest BCUT2D eigenvalue weighted by molar-refractivity contribution is 7.13. The maximum Gasteiger partial charge on any atom is 0.229 e. The molecule has 1 aliphatic heterocycles. The standard InChI is InChI=1S/C16H18N4O2S2/c21-14-8-10(9-20(14)16-18-6-7-23-16)15(22)17-5-4-13-19-11-2-1-3-12(11)24-13/h6-7,10H,1-5,8-9H2,(H,17,22). The fourth-order valence-electron chi connectivity index (χ4n) is 3.21. The van der Waals surface area contributed by atoms with Gasteiger partial charge in [0.15, 0.2) is 5.13 Å². The van der Waals surface area contributed by atoms with Gasteiger partial charge in [0.2, 0.25) is 11.8 Å². The van der Waals surface area contributed by atoms with E-state index in [2.05, 4.69) is 15.3 Å². The molecule has 0 radical (unpaired) electrons. The molecular formula is C16H18N4O2S2. The van der Waals surface area contributed by atoms with Gasteiger partial charge in [0.25, 0.3) is 0 Å². The molecule has 6 nitrogen and oxygen atoms in total. The van der Waals surface area contributed by atoms with Gasteiger partial charge in [-0.3, -0.25) is 14.5 Å². The maximum absolute atomic E-state index is 12.3. The van der Waals surface area contributed by atoms with Crippen molar-refractivity contribution in [2.45, 2.75) is 32.1 Å². The summed E-state index contributed by atoms with van der Waals surface area (Å²) in [4.78, 5) is 36.2. The van der Waals surface area contributed by atoms with Gasteiger partial charge < -0.3 is 5.32 Å². The minimum absolute atomic E-state index is 0.0264. The highest BCUT2D eigenvalue weighted by atomic mass is 32.1. The van der Waals surface area contributed by atoms with E-state index in [4.69, 9.17) is 0 Å². The Morgan fingerprint density at radius 3 is 3.12 bits per heavy atom. The van der Waals surface area contributed by atoms with Gasteiger partial charge in [-0.05, 0) is 19.3 Å². The third-order valence-electron chi connectivity index (χ3n) is 4.42. The lowest BCUT2D eigenvalue weighted by atomic mass is 10.1. The molecule has 0 aromatic carbocycles. The van der Waals surface area contributed by atoms with Crippen molar-refractivity contribution >= 4 is 39.6 Å². The van der Waals surface area contributed by atoms with Gasteiger partial charge in [-0.2, -0.15) is 0 Å². The number of nitrogens with zero attached hydrogens (tertiary/aromatic N) is 3. The predicted octanol–water partition coefficient (Wildman–Crippen LogP) is 1.80. The Labute approximate surface area is 147 Å². The summed E-state index contributed by atoms with van der Waals surface area (Å²) in [6.07, 6.45) is 6.16. The summed E-state index contributed by atoms with van der Waals surface area (Å²) in [6, 6.07) is 0. The van der Waals surface area contributed by atoms with Crippen molar-refractivity contribution in [1.82, 2.24) is 15.3 Å². The molecule has 0 bridgehead atoms. The summed E-state index contributed by atoms with van der Waals surface area (Å²) in [6.45, 7) is 0.997. The molecule has 1 atom stereocenters. The molecule has 126 valence electrons. The van der Waals surface area contributed by atoms with Crippen molar-refractivity contribution in [1.29, 1.82) is 0 Å². The van der Waals surface area contributed by atoms with E-state index < -0.39 is 0 Å². The lowest BCUT2D eigenvalue weighted by Crippen LogP contribution is -2.34. The summed E-state index contributed by atoms with van der Waals surface area (Å²) in [7, 11) is 0. The summed E-state index contributed by atoms with van der Waals surface area (Å²) in [5, 5.41) is 6.57. The number of thiazole rings is 2. The number of nitrogens with one attached hydrogen (secondary N) is 1. The van der Waals surface area contributed by atoms with Gasteiger partial charge >= 0.3 is 0 Å². The van der Waals surface area contributed by atoms with Crippen molar-refractivity contribution in [2.24, 2.45) is 5.92 Å². The first-order valence-corrected chi connectivity index (χ1v) is 9.85. The Balaban J connectivity index is 1.28. The number of fused-ring (bicyclic) bond motifs is 1. The normalized spacial score (nSPS) is 19.8. The van der Waals surface area contributed by atoms with Gasteiger partial charge in [-0.15, -0.1) is 22.7 Å². The van der Waals surface area contributed by atoms with Crippen LogP contribution in [0.15, 0.2) is 11.6 Å². The summed E-state index contributed by atoms with van der Waals surface area (Å²) < 4.78 is 0. The van der Waals surface area contributed by atoms with E-state index in [0.29, 0.717) is 18.2 Å². The lowest BCUT2D eigenvalue weighted by molar-refractivity contribution is -0.126. The largest absolute Gasteiger partial charge is 0.355 e. The molecule has 3 heterocycles.